The van der Waals surface area contributed by atoms with Gasteiger partial charge in [0.15, 0.2) is 0 Å². The lowest BCUT2D eigenvalue weighted by atomic mass is 10.3. The monoisotopic (exact) mass is 234 g/mol. The first-order valence-corrected chi connectivity index (χ1v) is 3.65. The largest absolute Gasteiger partial charge is 0.397 e. The van der Waals surface area contributed by atoms with Crippen molar-refractivity contribution in [2.45, 2.75) is 6.92 Å². The predicted molar refractivity (Wildman–Crippen MR) is 46.1 cm³/mol. The smallest absolute Gasteiger partial charge is 0.0638 e. The van der Waals surface area contributed by atoms with Gasteiger partial charge in [0.05, 0.1) is 11.9 Å². The van der Waals surface area contributed by atoms with Crippen LogP contribution in [0.25, 0.3) is 0 Å². The summed E-state index contributed by atoms with van der Waals surface area (Å²) in [5, 5.41) is 0. The molecule has 0 saturated carbocycles. The van der Waals surface area contributed by atoms with Gasteiger partial charge in [0.2, 0.25) is 0 Å². The van der Waals surface area contributed by atoms with Crippen LogP contribution in [0.3, 0.4) is 0 Å². The number of aryl methyl sites for hydroxylation is 1. The van der Waals surface area contributed by atoms with Gasteiger partial charge in [-0.1, -0.05) is 0 Å². The molecule has 0 amide bonds. The number of aromatic nitrogens is 1. The Morgan fingerprint density at radius 1 is 1.56 bits per heavy atom. The molecular weight excluding hydrogens is 227 g/mol. The molecule has 0 radical (unpaired) electrons. The predicted octanol–water partition coefficient (Wildman–Crippen LogP) is 1.58. The van der Waals surface area contributed by atoms with Crippen molar-refractivity contribution in [2.24, 2.45) is 0 Å². The molecule has 2 N–H and O–H groups in total. The number of hydrogen-bond donors (Lipinski definition) is 1. The molecule has 0 aliphatic heterocycles. The number of anilines is 1. The summed E-state index contributed by atoms with van der Waals surface area (Å²) in [6.45, 7) is 1.99. The third-order valence-electron chi connectivity index (χ3n) is 1.08. The lowest BCUT2D eigenvalue weighted by Gasteiger charge is -1.98. The molecule has 0 fully saturated rings. The van der Waals surface area contributed by atoms with Gasteiger partial charge in [-0.05, 0) is 35.1 Å². The highest BCUT2D eigenvalue weighted by Crippen LogP contribution is 2.15. The van der Waals surface area contributed by atoms with E-state index in [-0.39, 0.29) is 0 Å². The average Bonchev–Trinajstić information content (AvgIpc) is 1.83. The molecule has 2 nitrogen and oxygen atoms in total. The van der Waals surface area contributed by atoms with Crippen LogP contribution >= 0.6 is 22.6 Å². The quantitative estimate of drug-likeness (QED) is 0.692. The van der Waals surface area contributed by atoms with E-state index in [2.05, 4.69) is 27.6 Å². The van der Waals surface area contributed by atoms with Crippen LogP contribution in [0.5, 0.6) is 0 Å². The lowest BCUT2D eigenvalue weighted by molar-refractivity contribution is 1.25. The molecule has 0 aliphatic carbocycles. The molecule has 1 aromatic rings. The lowest BCUT2D eigenvalue weighted by Crippen LogP contribution is -1.92. The van der Waals surface area contributed by atoms with Crippen LogP contribution < -0.4 is 5.73 Å². The fourth-order valence-corrected chi connectivity index (χ4v) is 0.849. The second-order valence-electron chi connectivity index (χ2n) is 1.86. The van der Waals surface area contributed by atoms with Crippen molar-refractivity contribution >= 4 is 28.3 Å². The fraction of sp³-hybridized carbons (Fsp3) is 0.167. The molecule has 9 heavy (non-hydrogen) atoms. The molecule has 0 aliphatic rings. The fourth-order valence-electron chi connectivity index (χ4n) is 0.570. The van der Waals surface area contributed by atoms with E-state index in [1.807, 2.05) is 6.92 Å². The first kappa shape index (κ1) is 6.80. The highest BCUT2D eigenvalue weighted by atomic mass is 127. The summed E-state index contributed by atoms with van der Waals surface area (Å²) in [7, 11) is 0. The molecule has 0 saturated heterocycles. The Labute approximate surface area is 67.6 Å². The molecule has 0 spiro atoms. The molecule has 3 heteroatoms. The van der Waals surface area contributed by atoms with Gasteiger partial charge in [0.25, 0.3) is 0 Å². The zero-order chi connectivity index (χ0) is 6.85. The highest BCUT2D eigenvalue weighted by Gasteiger charge is 1.95. The van der Waals surface area contributed by atoms with Crippen molar-refractivity contribution in [2.75, 3.05) is 5.73 Å². The Kier molecular flexibility index (Phi) is 1.90. The number of rotatable bonds is 0. The van der Waals surface area contributed by atoms with Crippen molar-refractivity contribution in [3.05, 3.63) is 21.5 Å². The summed E-state index contributed by atoms with van der Waals surface area (Å²) in [4.78, 5) is 3.91. The molecular formula is C6H7IN2. The standard InChI is InChI=1S/C6H7IN2/c1-4-2-9-3-5(8)6(4)7/h2-3H,8H2,1H3. The van der Waals surface area contributed by atoms with Gasteiger partial charge >= 0.3 is 0 Å². The van der Waals surface area contributed by atoms with Crippen LogP contribution in [-0.4, -0.2) is 4.98 Å². The van der Waals surface area contributed by atoms with E-state index in [0.29, 0.717) is 0 Å². The topological polar surface area (TPSA) is 38.9 Å². The van der Waals surface area contributed by atoms with E-state index in [1.165, 1.54) is 0 Å². The van der Waals surface area contributed by atoms with Crippen LogP contribution in [0.4, 0.5) is 5.69 Å². The molecule has 0 aromatic carbocycles. The summed E-state index contributed by atoms with van der Waals surface area (Å²) in [6, 6.07) is 0. The number of pyridine rings is 1. The van der Waals surface area contributed by atoms with Crippen molar-refractivity contribution in [1.29, 1.82) is 0 Å². The van der Waals surface area contributed by atoms with E-state index in [0.717, 1.165) is 14.8 Å². The first-order chi connectivity index (χ1) is 4.22. The third kappa shape index (κ3) is 1.32. The maximum absolute atomic E-state index is 5.55. The van der Waals surface area contributed by atoms with Crippen molar-refractivity contribution in [1.82, 2.24) is 4.98 Å². The molecule has 0 bridgehead atoms. The summed E-state index contributed by atoms with van der Waals surface area (Å²) in [5.41, 5.74) is 7.45. The Hall–Kier alpha value is -0.320. The maximum Gasteiger partial charge on any atom is 0.0638 e. The molecule has 1 aromatic heterocycles. The molecule has 0 unspecified atom stereocenters. The van der Waals surface area contributed by atoms with E-state index >= 15 is 0 Å². The number of hydrogen-bond acceptors (Lipinski definition) is 2. The second kappa shape index (κ2) is 2.51. The normalized spacial score (nSPS) is 9.56. The van der Waals surface area contributed by atoms with Gasteiger partial charge < -0.3 is 5.73 Å². The van der Waals surface area contributed by atoms with Crippen LogP contribution in [0, 0.1) is 10.5 Å². The first-order valence-electron chi connectivity index (χ1n) is 2.57. The Morgan fingerprint density at radius 3 is 2.67 bits per heavy atom. The Morgan fingerprint density at radius 2 is 2.22 bits per heavy atom. The second-order valence-corrected chi connectivity index (χ2v) is 2.94. The van der Waals surface area contributed by atoms with Crippen molar-refractivity contribution in [3.63, 3.8) is 0 Å². The van der Waals surface area contributed by atoms with E-state index in [4.69, 9.17) is 5.73 Å². The highest BCUT2D eigenvalue weighted by molar-refractivity contribution is 14.1. The van der Waals surface area contributed by atoms with Crippen LogP contribution in [0.15, 0.2) is 12.4 Å². The van der Waals surface area contributed by atoms with E-state index in [9.17, 15) is 0 Å². The number of nitrogens with two attached hydrogens (primary N) is 1. The van der Waals surface area contributed by atoms with Crippen molar-refractivity contribution in [3.8, 4) is 0 Å². The van der Waals surface area contributed by atoms with Crippen LogP contribution in [0.1, 0.15) is 5.56 Å². The van der Waals surface area contributed by atoms with E-state index < -0.39 is 0 Å². The van der Waals surface area contributed by atoms with Gasteiger partial charge in [-0.3, -0.25) is 4.98 Å². The van der Waals surface area contributed by atoms with Gasteiger partial charge in [-0.2, -0.15) is 0 Å². The minimum Gasteiger partial charge on any atom is -0.397 e. The van der Waals surface area contributed by atoms with Crippen LogP contribution in [0.2, 0.25) is 0 Å². The minimum atomic E-state index is 0.760. The molecule has 1 rings (SSSR count). The Balaban J connectivity index is 3.25. The van der Waals surface area contributed by atoms with Gasteiger partial charge in [-0.25, -0.2) is 0 Å². The average molecular weight is 234 g/mol. The summed E-state index contributed by atoms with van der Waals surface area (Å²) in [6.07, 6.45) is 3.47. The zero-order valence-electron chi connectivity index (χ0n) is 5.06. The number of halogens is 1. The number of nitrogen functional groups attached to an aromatic ring is 1. The maximum atomic E-state index is 5.55. The summed E-state index contributed by atoms with van der Waals surface area (Å²) >= 11 is 2.20. The van der Waals surface area contributed by atoms with Gasteiger partial charge in [0.1, 0.15) is 0 Å². The SMILES string of the molecule is Cc1cncc(N)c1I. The van der Waals surface area contributed by atoms with Gasteiger partial charge in [0, 0.05) is 9.77 Å². The Bertz CT molecular complexity index is 202. The molecule has 1 heterocycles. The third-order valence-corrected chi connectivity index (χ3v) is 2.56. The number of nitrogens with zero attached hydrogens (tertiary/aromatic N) is 1. The summed E-state index contributed by atoms with van der Waals surface area (Å²) in [5.74, 6) is 0. The van der Waals surface area contributed by atoms with Crippen molar-refractivity contribution < 1.29 is 0 Å². The van der Waals surface area contributed by atoms with E-state index in [1.54, 1.807) is 12.4 Å². The zero-order valence-corrected chi connectivity index (χ0v) is 7.21. The molecule has 48 valence electrons. The molecule has 0 atom stereocenters. The summed E-state index contributed by atoms with van der Waals surface area (Å²) < 4.78 is 1.10. The minimum absolute atomic E-state index is 0.760. The van der Waals surface area contributed by atoms with Crippen LogP contribution in [-0.2, 0) is 0 Å². The van der Waals surface area contributed by atoms with Gasteiger partial charge in [-0.15, -0.1) is 0 Å².